The van der Waals surface area contributed by atoms with Gasteiger partial charge in [0.2, 0.25) is 11.8 Å². The van der Waals surface area contributed by atoms with Gasteiger partial charge in [0, 0.05) is 45.9 Å². The van der Waals surface area contributed by atoms with Crippen molar-refractivity contribution in [2.24, 2.45) is 5.73 Å². The molecule has 0 spiro atoms. The van der Waals surface area contributed by atoms with E-state index in [1.807, 2.05) is 0 Å². The second-order valence-electron chi connectivity index (χ2n) is 16.3. The monoisotopic (exact) mass is 1140 g/mol. The van der Waals surface area contributed by atoms with Gasteiger partial charge in [0.15, 0.2) is 0 Å². The molecule has 0 aliphatic heterocycles. The average molecular weight is 1140 g/mol. The van der Waals surface area contributed by atoms with Gasteiger partial charge in [0.05, 0.1) is 258 Å². The van der Waals surface area contributed by atoms with Crippen molar-refractivity contribution in [2.75, 3.05) is 278 Å². The largest absolute Gasteiger partial charge is 0.382 e. The van der Waals surface area contributed by atoms with Gasteiger partial charge in [-0.2, -0.15) is 0 Å². The molecule has 0 saturated carbocycles. The van der Waals surface area contributed by atoms with E-state index in [0.29, 0.717) is 218 Å². The zero-order valence-corrected chi connectivity index (χ0v) is 46.8. The van der Waals surface area contributed by atoms with Crippen LogP contribution in [0, 0.1) is 0 Å². The molecule has 2 amide bonds. The van der Waals surface area contributed by atoms with Crippen molar-refractivity contribution >= 4 is 24.4 Å². The van der Waals surface area contributed by atoms with Crippen LogP contribution < -0.4 is 16.4 Å². The number of hydrogen-bond donors (Lipinski definition) is 3. The summed E-state index contributed by atoms with van der Waals surface area (Å²) in [7, 11) is 1.62. The summed E-state index contributed by atoms with van der Waals surface area (Å²) < 4.78 is 110. The Bertz CT molecular complexity index is 1240. The topological polar surface area (TPSA) is 303 Å². The number of carbonyl (C=O) groups excluding carboxylic acids is 4. The van der Waals surface area contributed by atoms with Crippen molar-refractivity contribution in [1.82, 2.24) is 10.6 Å². The number of nitrogens with two attached hydrogens (primary N) is 1. The molecule has 0 atom stereocenters. The Morgan fingerprint density at radius 3 is 0.897 bits per heavy atom. The predicted octanol–water partition coefficient (Wildman–Crippen LogP) is -1.16. The number of nitrogens with one attached hydrogen (secondary N) is 2. The Labute approximate surface area is 462 Å². The number of hydrogen-bond acceptors (Lipinski definition) is 25. The van der Waals surface area contributed by atoms with Crippen molar-refractivity contribution < 1.29 is 114 Å². The van der Waals surface area contributed by atoms with Gasteiger partial charge < -0.3 is 121 Å². The fourth-order valence-electron chi connectivity index (χ4n) is 5.85. The summed E-state index contributed by atoms with van der Waals surface area (Å²) in [6.07, 6.45) is 1.82. The molecule has 27 nitrogen and oxygen atoms in total. The van der Waals surface area contributed by atoms with E-state index in [-0.39, 0.29) is 90.4 Å². The van der Waals surface area contributed by atoms with Gasteiger partial charge in [0.1, 0.15) is 18.1 Å². The van der Waals surface area contributed by atoms with Gasteiger partial charge in [-0.25, -0.2) is 0 Å². The fraction of sp³-hybridized carbons (Fsp3) is 0.922. The smallest absolute Gasteiger partial charge is 0.222 e. The third-order valence-corrected chi connectivity index (χ3v) is 9.72. The van der Waals surface area contributed by atoms with Crippen molar-refractivity contribution in [3.05, 3.63) is 0 Å². The van der Waals surface area contributed by atoms with E-state index in [4.69, 9.17) is 100 Å². The van der Waals surface area contributed by atoms with Crippen LogP contribution in [-0.4, -0.2) is 308 Å². The van der Waals surface area contributed by atoms with Gasteiger partial charge >= 0.3 is 0 Å². The van der Waals surface area contributed by atoms with E-state index in [9.17, 15) is 19.2 Å². The lowest BCUT2D eigenvalue weighted by Crippen LogP contribution is -2.58. The average Bonchev–Trinajstić information content (AvgIpc) is 3.44. The van der Waals surface area contributed by atoms with Crippen LogP contribution in [0.25, 0.3) is 0 Å². The summed E-state index contributed by atoms with van der Waals surface area (Å²) in [6.45, 7) is 15.3. The molecule has 27 heteroatoms. The number of aldehydes is 2. The molecule has 0 unspecified atom stereocenters. The molecule has 0 aliphatic rings. The van der Waals surface area contributed by atoms with E-state index < -0.39 is 5.54 Å². The van der Waals surface area contributed by atoms with E-state index in [1.165, 1.54) is 0 Å². The highest BCUT2D eigenvalue weighted by Crippen LogP contribution is 2.11. The molecule has 78 heavy (non-hydrogen) atoms. The molecule has 0 fully saturated rings. The first-order valence-electron chi connectivity index (χ1n) is 27.1. The third-order valence-electron chi connectivity index (χ3n) is 9.72. The quantitative estimate of drug-likeness (QED) is 0.0478. The Balaban J connectivity index is 3.95. The minimum atomic E-state index is -1.18. The molecule has 0 heterocycles. The summed E-state index contributed by atoms with van der Waals surface area (Å²) >= 11 is 0. The highest BCUT2D eigenvalue weighted by molar-refractivity contribution is 5.77. The zero-order valence-electron chi connectivity index (χ0n) is 46.8. The molecule has 0 rings (SSSR count). The van der Waals surface area contributed by atoms with Gasteiger partial charge in [-0.3, -0.25) is 9.59 Å². The van der Waals surface area contributed by atoms with E-state index >= 15 is 0 Å². The third kappa shape index (κ3) is 59.6. The van der Waals surface area contributed by atoms with Crippen LogP contribution in [0.3, 0.4) is 0 Å². The van der Waals surface area contributed by atoms with Crippen LogP contribution >= 0.6 is 0 Å². The van der Waals surface area contributed by atoms with Gasteiger partial charge in [-0.05, 0) is 0 Å². The van der Waals surface area contributed by atoms with Crippen LogP contribution in [-0.2, 0) is 114 Å². The Morgan fingerprint density at radius 2 is 0.590 bits per heavy atom. The minimum absolute atomic E-state index is 0.0130. The Kier molecular flexibility index (Phi) is 63.1. The van der Waals surface area contributed by atoms with Crippen LogP contribution in [0.4, 0.5) is 0 Å². The lowest BCUT2D eigenvalue weighted by Gasteiger charge is -2.34. The number of methoxy groups -OCH3 is 1. The standard InChI is InChI=1S/C51H99N3O24/c1-59-16-17-63-24-25-67-31-28-66-23-20-62-15-7-53-49(57)4-13-78-48-51(46-76-10-2-8-55,47-77-11-3-9-56)54-50(58)5-12-60-18-21-64-26-29-68-32-34-70-36-38-72-40-42-74-44-45-75-43-41-73-39-37-71-35-33-69-30-27-65-22-19-61-14-6-52/h8-9H,2-7,10-48,52H2,1H3,(H,53,57)(H,54,58). The summed E-state index contributed by atoms with van der Waals surface area (Å²) in [5.41, 5.74) is 4.17. The first-order valence-corrected chi connectivity index (χ1v) is 27.1. The van der Waals surface area contributed by atoms with Crippen molar-refractivity contribution in [1.29, 1.82) is 0 Å². The molecular formula is C51H99N3O24. The maximum atomic E-state index is 13.1. The second-order valence-corrected chi connectivity index (χ2v) is 16.3. The molecule has 0 radical (unpaired) electrons. The zero-order chi connectivity index (χ0) is 56.4. The maximum Gasteiger partial charge on any atom is 0.222 e. The van der Waals surface area contributed by atoms with Crippen LogP contribution in [0.1, 0.15) is 25.7 Å². The Morgan fingerprint density at radius 1 is 0.333 bits per heavy atom. The van der Waals surface area contributed by atoms with Gasteiger partial charge in [-0.15, -0.1) is 0 Å². The van der Waals surface area contributed by atoms with E-state index in [1.54, 1.807) is 7.11 Å². The van der Waals surface area contributed by atoms with Gasteiger partial charge in [0.25, 0.3) is 0 Å². The van der Waals surface area contributed by atoms with Crippen LogP contribution in [0.2, 0.25) is 0 Å². The molecular weight excluding hydrogens is 1040 g/mol. The summed E-state index contributed by atoms with van der Waals surface area (Å²) in [6, 6.07) is 0. The highest BCUT2D eigenvalue weighted by atomic mass is 16.6. The molecule has 0 bridgehead atoms. The molecule has 0 aliphatic carbocycles. The molecule has 462 valence electrons. The summed E-state index contributed by atoms with van der Waals surface area (Å²) in [5, 5.41) is 5.71. The number of carbonyl (C=O) groups is 4. The lowest BCUT2D eigenvalue weighted by molar-refractivity contribution is -0.130. The van der Waals surface area contributed by atoms with Crippen LogP contribution in [0.5, 0.6) is 0 Å². The molecule has 0 saturated heterocycles. The van der Waals surface area contributed by atoms with Gasteiger partial charge in [-0.1, -0.05) is 0 Å². The number of rotatable bonds is 69. The van der Waals surface area contributed by atoms with Crippen molar-refractivity contribution in [2.45, 2.75) is 31.2 Å². The summed E-state index contributed by atoms with van der Waals surface area (Å²) in [5.74, 6) is -0.609. The first kappa shape index (κ1) is 75.4. The number of ether oxygens (including phenoxy) is 20. The normalized spacial score (nSPS) is 11.7. The van der Waals surface area contributed by atoms with E-state index in [0.717, 1.165) is 12.6 Å². The number of amides is 2. The summed E-state index contributed by atoms with van der Waals surface area (Å²) in [4.78, 5) is 47.4. The maximum absolute atomic E-state index is 13.1. The Hall–Kier alpha value is -2.56. The fourth-order valence-corrected chi connectivity index (χ4v) is 5.85. The highest BCUT2D eigenvalue weighted by Gasteiger charge is 2.34. The SMILES string of the molecule is COCCOCCOCCOCCOCCNC(=O)CCOCC(COCCC=O)(COCCC=O)NC(=O)CCOCCOCCOCCOCCOCCOCCOCCOCCOCCOCCOCCOCCN. The first-order chi connectivity index (χ1) is 38.5. The van der Waals surface area contributed by atoms with Crippen molar-refractivity contribution in [3.8, 4) is 0 Å². The van der Waals surface area contributed by atoms with Crippen LogP contribution in [0.15, 0.2) is 0 Å². The second kappa shape index (κ2) is 65.3. The van der Waals surface area contributed by atoms with E-state index in [2.05, 4.69) is 10.6 Å². The molecule has 0 aromatic rings. The lowest BCUT2D eigenvalue weighted by atomic mass is 10.0. The minimum Gasteiger partial charge on any atom is -0.382 e. The predicted molar refractivity (Wildman–Crippen MR) is 281 cm³/mol. The van der Waals surface area contributed by atoms with Crippen molar-refractivity contribution in [3.63, 3.8) is 0 Å². The molecule has 0 aromatic carbocycles. The molecule has 4 N–H and O–H groups in total. The molecule has 0 aromatic heterocycles.